The van der Waals surface area contributed by atoms with Crippen molar-refractivity contribution in [2.75, 3.05) is 0 Å². The zero-order valence-corrected chi connectivity index (χ0v) is 12.0. The summed E-state index contributed by atoms with van der Waals surface area (Å²) in [6.07, 6.45) is 3.65. The molecule has 0 bridgehead atoms. The number of pyridine rings is 1. The summed E-state index contributed by atoms with van der Waals surface area (Å²) < 4.78 is 1.16. The minimum atomic E-state index is -0.0309. The number of aromatic nitrogens is 1. The third kappa shape index (κ3) is 2.04. The van der Waals surface area contributed by atoms with Gasteiger partial charge in [0.2, 0.25) is 0 Å². The van der Waals surface area contributed by atoms with Crippen LogP contribution in [0.2, 0.25) is 0 Å². The van der Waals surface area contributed by atoms with Gasteiger partial charge in [-0.1, -0.05) is 6.07 Å². The number of hydrogen-bond donors (Lipinski definition) is 0. The van der Waals surface area contributed by atoms with Crippen molar-refractivity contribution in [3.8, 4) is 0 Å². The maximum absolute atomic E-state index is 12.4. The van der Waals surface area contributed by atoms with Gasteiger partial charge in [-0.15, -0.1) is 11.3 Å². The lowest BCUT2D eigenvalue weighted by molar-refractivity contribution is 0.0958. The first-order valence-electron chi connectivity index (χ1n) is 5.48. The number of halogens is 1. The van der Waals surface area contributed by atoms with Gasteiger partial charge in [0.25, 0.3) is 0 Å². The molecule has 0 saturated heterocycles. The van der Waals surface area contributed by atoms with Crippen LogP contribution in [0.15, 0.2) is 29.8 Å². The Morgan fingerprint density at radius 2 is 2.41 bits per heavy atom. The fourth-order valence-corrected chi connectivity index (χ4v) is 3.64. The zero-order chi connectivity index (χ0) is 11.8. The summed E-state index contributed by atoms with van der Waals surface area (Å²) >= 11 is 3.87. The van der Waals surface area contributed by atoms with Gasteiger partial charge in [-0.25, -0.2) is 0 Å². The molecule has 1 unspecified atom stereocenters. The molecule has 1 aliphatic carbocycles. The molecule has 3 rings (SSSR count). The first kappa shape index (κ1) is 11.3. The van der Waals surface area contributed by atoms with Gasteiger partial charge in [-0.05, 0) is 53.1 Å². The molecule has 17 heavy (non-hydrogen) atoms. The molecule has 1 atom stereocenters. The van der Waals surface area contributed by atoms with Crippen molar-refractivity contribution >= 4 is 39.7 Å². The Morgan fingerprint density at radius 3 is 3.18 bits per heavy atom. The van der Waals surface area contributed by atoms with Crippen LogP contribution in [0.4, 0.5) is 0 Å². The lowest BCUT2D eigenvalue weighted by Gasteiger charge is -2.07. The number of fused-ring (bicyclic) bond motifs is 1. The maximum atomic E-state index is 12.4. The summed E-state index contributed by atoms with van der Waals surface area (Å²) in [4.78, 5) is 16.8. The normalized spacial score (nSPS) is 18.1. The SMILES string of the molecule is O=C(c1csc(I)c1)C1CCc2cccnc21. The molecule has 0 aliphatic heterocycles. The summed E-state index contributed by atoms with van der Waals surface area (Å²) in [7, 11) is 0. The molecule has 2 nitrogen and oxygen atoms in total. The van der Waals surface area contributed by atoms with E-state index in [4.69, 9.17) is 0 Å². The topological polar surface area (TPSA) is 30.0 Å². The zero-order valence-electron chi connectivity index (χ0n) is 9.02. The predicted octanol–water partition coefficient (Wildman–Crippen LogP) is 3.66. The van der Waals surface area contributed by atoms with E-state index < -0.39 is 0 Å². The summed E-state index contributed by atoms with van der Waals surface area (Å²) in [6, 6.07) is 5.99. The smallest absolute Gasteiger partial charge is 0.172 e. The highest BCUT2D eigenvalue weighted by molar-refractivity contribution is 14.1. The minimum Gasteiger partial charge on any atom is -0.293 e. The Hall–Kier alpha value is -0.750. The number of Topliss-reactive ketones (excluding diaryl/α,β-unsaturated/α-hetero) is 1. The Balaban J connectivity index is 1.95. The second kappa shape index (κ2) is 4.49. The highest BCUT2D eigenvalue weighted by Gasteiger charge is 2.30. The van der Waals surface area contributed by atoms with Crippen LogP contribution in [-0.2, 0) is 6.42 Å². The Morgan fingerprint density at radius 1 is 1.53 bits per heavy atom. The third-order valence-electron chi connectivity index (χ3n) is 3.13. The molecular weight excluding hydrogens is 345 g/mol. The molecule has 0 saturated carbocycles. The quantitative estimate of drug-likeness (QED) is 0.608. The fourth-order valence-electron chi connectivity index (χ4n) is 2.31. The first-order chi connectivity index (χ1) is 8.25. The second-order valence-corrected chi connectivity index (χ2v) is 6.95. The van der Waals surface area contributed by atoms with Gasteiger partial charge >= 0.3 is 0 Å². The Labute approximate surface area is 117 Å². The van der Waals surface area contributed by atoms with Gasteiger partial charge in [0.15, 0.2) is 5.78 Å². The lowest BCUT2D eigenvalue weighted by Crippen LogP contribution is -2.10. The monoisotopic (exact) mass is 355 g/mol. The molecule has 0 N–H and O–H groups in total. The standard InChI is InChI=1S/C13H10INOS/c14-11-6-9(7-17-11)13(16)10-4-3-8-2-1-5-15-12(8)10/h1-2,5-7,10H,3-4H2. The first-order valence-corrected chi connectivity index (χ1v) is 7.43. The number of hydrogen-bond acceptors (Lipinski definition) is 3. The lowest BCUT2D eigenvalue weighted by atomic mass is 9.97. The molecule has 0 fully saturated rings. The molecule has 0 spiro atoms. The molecule has 2 aromatic heterocycles. The fraction of sp³-hybridized carbons (Fsp3) is 0.231. The summed E-state index contributed by atoms with van der Waals surface area (Å²) in [5.74, 6) is 0.193. The Bertz CT molecular complexity index is 578. The molecule has 0 radical (unpaired) electrons. The molecule has 2 heterocycles. The van der Waals surface area contributed by atoms with Crippen molar-refractivity contribution in [3.05, 3.63) is 49.5 Å². The van der Waals surface area contributed by atoms with E-state index in [1.165, 1.54) is 5.56 Å². The van der Waals surface area contributed by atoms with Gasteiger partial charge < -0.3 is 0 Å². The van der Waals surface area contributed by atoms with Crippen LogP contribution < -0.4 is 0 Å². The number of thiophene rings is 1. The van der Waals surface area contributed by atoms with E-state index in [1.54, 1.807) is 17.5 Å². The second-order valence-electron chi connectivity index (χ2n) is 4.14. The number of rotatable bonds is 2. The minimum absolute atomic E-state index is 0.0309. The van der Waals surface area contributed by atoms with E-state index in [-0.39, 0.29) is 11.7 Å². The van der Waals surface area contributed by atoms with Crippen molar-refractivity contribution in [3.63, 3.8) is 0 Å². The van der Waals surface area contributed by atoms with E-state index in [0.29, 0.717) is 0 Å². The van der Waals surface area contributed by atoms with Crippen molar-refractivity contribution in [2.24, 2.45) is 0 Å². The van der Waals surface area contributed by atoms with E-state index in [9.17, 15) is 4.79 Å². The largest absolute Gasteiger partial charge is 0.293 e. The van der Waals surface area contributed by atoms with Crippen LogP contribution >= 0.6 is 33.9 Å². The average Bonchev–Trinajstić information content (AvgIpc) is 2.94. The summed E-state index contributed by atoms with van der Waals surface area (Å²) in [5, 5.41) is 1.95. The highest BCUT2D eigenvalue weighted by Crippen LogP contribution is 2.34. The summed E-state index contributed by atoms with van der Waals surface area (Å²) in [6.45, 7) is 0. The van der Waals surface area contributed by atoms with Gasteiger partial charge in [0.1, 0.15) is 0 Å². The molecule has 2 aromatic rings. The third-order valence-corrected chi connectivity index (χ3v) is 4.92. The van der Waals surface area contributed by atoms with Gasteiger partial charge in [0, 0.05) is 17.1 Å². The van der Waals surface area contributed by atoms with Crippen LogP contribution in [0.3, 0.4) is 0 Å². The van der Waals surface area contributed by atoms with E-state index >= 15 is 0 Å². The highest BCUT2D eigenvalue weighted by atomic mass is 127. The van der Waals surface area contributed by atoms with Crippen molar-refractivity contribution in [2.45, 2.75) is 18.8 Å². The van der Waals surface area contributed by atoms with Crippen LogP contribution in [0.1, 0.15) is 34.0 Å². The maximum Gasteiger partial charge on any atom is 0.172 e. The van der Waals surface area contributed by atoms with E-state index in [1.807, 2.05) is 17.5 Å². The number of aryl methyl sites for hydroxylation is 1. The van der Waals surface area contributed by atoms with Gasteiger partial charge in [-0.3, -0.25) is 9.78 Å². The predicted molar refractivity (Wildman–Crippen MR) is 76.7 cm³/mol. The molecule has 1 aliphatic rings. The number of nitrogens with zero attached hydrogens (tertiary/aromatic N) is 1. The van der Waals surface area contributed by atoms with E-state index in [2.05, 4.69) is 33.6 Å². The number of ketones is 1. The van der Waals surface area contributed by atoms with Crippen LogP contribution in [0, 0.1) is 2.88 Å². The average molecular weight is 355 g/mol. The Kier molecular flexibility index (Phi) is 3.00. The van der Waals surface area contributed by atoms with Crippen LogP contribution in [-0.4, -0.2) is 10.8 Å². The van der Waals surface area contributed by atoms with Gasteiger partial charge in [-0.2, -0.15) is 0 Å². The van der Waals surface area contributed by atoms with Gasteiger partial charge in [0.05, 0.1) is 14.5 Å². The number of carbonyl (C=O) groups is 1. The van der Waals surface area contributed by atoms with Crippen molar-refractivity contribution < 1.29 is 4.79 Å². The van der Waals surface area contributed by atoms with Crippen molar-refractivity contribution in [1.82, 2.24) is 4.98 Å². The molecule has 0 aromatic carbocycles. The van der Waals surface area contributed by atoms with Crippen LogP contribution in [0.25, 0.3) is 0 Å². The van der Waals surface area contributed by atoms with Crippen molar-refractivity contribution in [1.29, 1.82) is 0 Å². The summed E-state index contributed by atoms with van der Waals surface area (Å²) in [5.41, 5.74) is 3.05. The van der Waals surface area contributed by atoms with Crippen LogP contribution in [0.5, 0.6) is 0 Å². The molecule has 4 heteroatoms. The molecule has 86 valence electrons. The molecular formula is C13H10INOS. The molecule has 0 amide bonds. The number of carbonyl (C=O) groups excluding carboxylic acids is 1. The van der Waals surface area contributed by atoms with E-state index in [0.717, 1.165) is 27.0 Å².